The first-order chi connectivity index (χ1) is 8.28. The Kier molecular flexibility index (Phi) is 5.35. The van der Waals surface area contributed by atoms with Gasteiger partial charge in [-0.25, -0.2) is 8.78 Å². The summed E-state index contributed by atoms with van der Waals surface area (Å²) in [6.07, 6.45) is 0. The summed E-state index contributed by atoms with van der Waals surface area (Å²) in [5.41, 5.74) is 0.983. The van der Waals surface area contributed by atoms with Crippen molar-refractivity contribution in [1.82, 2.24) is 5.32 Å². The topological polar surface area (TPSA) is 12.0 Å². The Labute approximate surface area is 112 Å². The van der Waals surface area contributed by atoms with E-state index in [4.69, 9.17) is 0 Å². The van der Waals surface area contributed by atoms with Crippen LogP contribution in [-0.4, -0.2) is 17.8 Å². The fourth-order valence-electron chi connectivity index (χ4n) is 1.21. The lowest BCUT2D eigenvalue weighted by Gasteiger charge is -2.21. The van der Waals surface area contributed by atoms with E-state index in [9.17, 15) is 8.78 Å². The standard InChI is InChI=1S/C14H19F2NS/c1-10(8-17-14(2,3)4)9-18-13-7-11(15)5-6-12(13)16/h5-7,17H,1,8-9H2,2-4H3. The molecule has 1 N–H and O–H groups in total. The van der Waals surface area contributed by atoms with Gasteiger partial charge in [0.25, 0.3) is 0 Å². The lowest BCUT2D eigenvalue weighted by molar-refractivity contribution is 0.445. The van der Waals surface area contributed by atoms with Crippen molar-refractivity contribution in [2.24, 2.45) is 0 Å². The third-order valence-electron chi connectivity index (χ3n) is 2.19. The van der Waals surface area contributed by atoms with Crippen molar-refractivity contribution >= 4 is 11.8 Å². The smallest absolute Gasteiger partial charge is 0.136 e. The summed E-state index contributed by atoms with van der Waals surface area (Å²) in [5.74, 6) is -0.237. The van der Waals surface area contributed by atoms with Crippen molar-refractivity contribution in [3.05, 3.63) is 42.0 Å². The quantitative estimate of drug-likeness (QED) is 0.641. The molecule has 0 aliphatic heterocycles. The lowest BCUT2D eigenvalue weighted by atomic mass is 10.1. The molecule has 0 fully saturated rings. The predicted octanol–water partition coefficient (Wildman–Crippen LogP) is 4.00. The number of hydrogen-bond donors (Lipinski definition) is 1. The predicted molar refractivity (Wildman–Crippen MR) is 74.0 cm³/mol. The first-order valence-electron chi connectivity index (χ1n) is 5.77. The van der Waals surface area contributed by atoms with Crippen LogP contribution in [-0.2, 0) is 0 Å². The molecular formula is C14H19F2NS. The Bertz CT molecular complexity index is 424. The van der Waals surface area contributed by atoms with Gasteiger partial charge in [0.05, 0.1) is 0 Å². The summed E-state index contributed by atoms with van der Waals surface area (Å²) in [5, 5.41) is 3.30. The molecule has 4 heteroatoms. The van der Waals surface area contributed by atoms with Crippen LogP contribution in [0.25, 0.3) is 0 Å². The van der Waals surface area contributed by atoms with E-state index in [2.05, 4.69) is 32.7 Å². The molecule has 0 aromatic heterocycles. The highest BCUT2D eigenvalue weighted by atomic mass is 32.2. The van der Waals surface area contributed by atoms with Crippen LogP contribution in [0.4, 0.5) is 8.78 Å². The van der Waals surface area contributed by atoms with Gasteiger partial charge in [0.1, 0.15) is 11.6 Å². The molecule has 0 aliphatic carbocycles. The third kappa shape index (κ3) is 5.65. The largest absolute Gasteiger partial charge is 0.308 e. The highest BCUT2D eigenvalue weighted by Crippen LogP contribution is 2.24. The summed E-state index contributed by atoms with van der Waals surface area (Å²) < 4.78 is 26.3. The number of benzene rings is 1. The molecule has 0 radical (unpaired) electrons. The van der Waals surface area contributed by atoms with Crippen molar-refractivity contribution in [2.45, 2.75) is 31.2 Å². The molecule has 1 nitrogen and oxygen atoms in total. The van der Waals surface area contributed by atoms with Gasteiger partial charge in [-0.05, 0) is 39.0 Å². The van der Waals surface area contributed by atoms with Gasteiger partial charge in [0, 0.05) is 22.7 Å². The fourth-order valence-corrected chi connectivity index (χ4v) is 2.07. The minimum atomic E-state index is -0.419. The van der Waals surface area contributed by atoms with E-state index in [-0.39, 0.29) is 5.54 Å². The van der Waals surface area contributed by atoms with Gasteiger partial charge in [0.2, 0.25) is 0 Å². The third-order valence-corrected chi connectivity index (χ3v) is 3.37. The monoisotopic (exact) mass is 271 g/mol. The van der Waals surface area contributed by atoms with Gasteiger partial charge in [0.15, 0.2) is 0 Å². The van der Waals surface area contributed by atoms with Crippen molar-refractivity contribution in [3.8, 4) is 0 Å². The molecule has 18 heavy (non-hydrogen) atoms. The summed E-state index contributed by atoms with van der Waals surface area (Å²) in [6.45, 7) is 10.8. The molecular weight excluding hydrogens is 252 g/mol. The highest BCUT2D eigenvalue weighted by Gasteiger charge is 2.10. The van der Waals surface area contributed by atoms with Gasteiger partial charge in [-0.3, -0.25) is 0 Å². The van der Waals surface area contributed by atoms with Gasteiger partial charge < -0.3 is 5.32 Å². The van der Waals surface area contributed by atoms with E-state index >= 15 is 0 Å². The second-order valence-corrected chi connectivity index (χ2v) is 6.23. The zero-order chi connectivity index (χ0) is 13.8. The summed E-state index contributed by atoms with van der Waals surface area (Å²) in [6, 6.07) is 3.48. The molecule has 0 atom stereocenters. The van der Waals surface area contributed by atoms with Crippen LogP contribution in [0.2, 0.25) is 0 Å². The molecule has 0 unspecified atom stereocenters. The molecule has 1 rings (SSSR count). The van der Waals surface area contributed by atoms with Crippen molar-refractivity contribution in [3.63, 3.8) is 0 Å². The van der Waals surface area contributed by atoms with E-state index in [1.165, 1.54) is 17.8 Å². The highest BCUT2D eigenvalue weighted by molar-refractivity contribution is 7.99. The second-order valence-electron chi connectivity index (χ2n) is 5.22. The molecule has 0 spiro atoms. The summed E-state index contributed by atoms with van der Waals surface area (Å²) in [7, 11) is 0. The molecule has 0 saturated carbocycles. The van der Waals surface area contributed by atoms with Crippen LogP contribution >= 0.6 is 11.8 Å². The molecule has 1 aromatic carbocycles. The lowest BCUT2D eigenvalue weighted by Crippen LogP contribution is -2.37. The van der Waals surface area contributed by atoms with Crippen LogP contribution in [0.15, 0.2) is 35.2 Å². The minimum absolute atomic E-state index is 0.0255. The van der Waals surface area contributed by atoms with Crippen LogP contribution in [0.5, 0.6) is 0 Å². The average Bonchev–Trinajstić information content (AvgIpc) is 2.26. The second kappa shape index (κ2) is 6.34. The first-order valence-corrected chi connectivity index (χ1v) is 6.76. The van der Waals surface area contributed by atoms with Crippen molar-refractivity contribution in [2.75, 3.05) is 12.3 Å². The van der Waals surface area contributed by atoms with E-state index in [1.807, 2.05) is 0 Å². The Balaban J connectivity index is 2.45. The van der Waals surface area contributed by atoms with E-state index in [0.29, 0.717) is 17.2 Å². The molecule has 0 aliphatic rings. The number of hydrogen-bond acceptors (Lipinski definition) is 2. The maximum atomic E-state index is 13.4. The Morgan fingerprint density at radius 1 is 1.33 bits per heavy atom. The zero-order valence-corrected chi connectivity index (χ0v) is 11.8. The number of nitrogens with one attached hydrogen (secondary N) is 1. The van der Waals surface area contributed by atoms with E-state index in [1.54, 1.807) is 0 Å². The van der Waals surface area contributed by atoms with Crippen molar-refractivity contribution in [1.29, 1.82) is 0 Å². The average molecular weight is 271 g/mol. The van der Waals surface area contributed by atoms with Gasteiger partial charge in [-0.1, -0.05) is 12.2 Å². The minimum Gasteiger partial charge on any atom is -0.308 e. The normalized spacial score (nSPS) is 11.6. The summed E-state index contributed by atoms with van der Waals surface area (Å²) in [4.78, 5) is 0.326. The first kappa shape index (κ1) is 15.2. The Hall–Kier alpha value is -0.870. The molecule has 0 heterocycles. The van der Waals surface area contributed by atoms with Gasteiger partial charge in [-0.2, -0.15) is 0 Å². The van der Waals surface area contributed by atoms with Crippen LogP contribution in [0, 0.1) is 11.6 Å². The summed E-state index contributed by atoms with van der Waals surface area (Å²) >= 11 is 1.27. The maximum absolute atomic E-state index is 13.4. The molecule has 100 valence electrons. The fraction of sp³-hybridized carbons (Fsp3) is 0.429. The van der Waals surface area contributed by atoms with E-state index < -0.39 is 11.6 Å². The van der Waals surface area contributed by atoms with Crippen LogP contribution in [0.1, 0.15) is 20.8 Å². The zero-order valence-electron chi connectivity index (χ0n) is 11.0. The number of rotatable bonds is 5. The number of halogens is 2. The van der Waals surface area contributed by atoms with Gasteiger partial charge in [-0.15, -0.1) is 11.8 Å². The Morgan fingerprint density at radius 2 is 2.00 bits per heavy atom. The molecule has 0 saturated heterocycles. The molecule has 0 bridgehead atoms. The van der Waals surface area contributed by atoms with Gasteiger partial charge >= 0.3 is 0 Å². The maximum Gasteiger partial charge on any atom is 0.136 e. The van der Waals surface area contributed by atoms with Crippen LogP contribution in [0.3, 0.4) is 0 Å². The molecule has 1 aromatic rings. The number of thioether (sulfide) groups is 1. The Morgan fingerprint density at radius 3 is 2.61 bits per heavy atom. The van der Waals surface area contributed by atoms with Crippen molar-refractivity contribution < 1.29 is 8.78 Å². The van der Waals surface area contributed by atoms with E-state index in [0.717, 1.165) is 17.7 Å². The SMILES string of the molecule is C=C(CNC(C)(C)C)CSc1cc(F)ccc1F. The molecule has 0 amide bonds. The van der Waals surface area contributed by atoms with Crippen LogP contribution < -0.4 is 5.32 Å².